The highest BCUT2D eigenvalue weighted by Crippen LogP contribution is 2.31. The largest absolute Gasteiger partial charge is 0.481 e. The van der Waals surface area contributed by atoms with Crippen LogP contribution in [0.15, 0.2) is 0 Å². The first-order chi connectivity index (χ1) is 9.86. The normalized spacial score (nSPS) is 24.3. The SMILES string of the molecule is O=C(O)CC(N1CCC(CN2CCCC2)CC1)C(F)(F)F. The van der Waals surface area contributed by atoms with E-state index < -0.39 is 24.6 Å². The van der Waals surface area contributed by atoms with Crippen LogP contribution in [0.25, 0.3) is 0 Å². The van der Waals surface area contributed by atoms with Gasteiger partial charge in [0.05, 0.1) is 6.42 Å². The summed E-state index contributed by atoms with van der Waals surface area (Å²) in [6.45, 7) is 3.87. The molecule has 0 amide bonds. The molecule has 0 radical (unpaired) electrons. The van der Waals surface area contributed by atoms with Gasteiger partial charge < -0.3 is 10.0 Å². The molecule has 21 heavy (non-hydrogen) atoms. The second-order valence-electron chi connectivity index (χ2n) is 6.14. The summed E-state index contributed by atoms with van der Waals surface area (Å²) in [6.07, 6.45) is -1.45. The predicted octanol–water partition coefficient (Wildman–Crippen LogP) is 2.20. The van der Waals surface area contributed by atoms with E-state index in [2.05, 4.69) is 4.90 Å². The summed E-state index contributed by atoms with van der Waals surface area (Å²) in [7, 11) is 0. The molecule has 2 rings (SSSR count). The van der Waals surface area contributed by atoms with E-state index in [1.807, 2.05) is 0 Å². The van der Waals surface area contributed by atoms with Crippen molar-refractivity contribution in [3.8, 4) is 0 Å². The average molecular weight is 308 g/mol. The Morgan fingerprint density at radius 2 is 1.71 bits per heavy atom. The molecule has 2 fully saturated rings. The van der Waals surface area contributed by atoms with Crippen LogP contribution >= 0.6 is 0 Å². The quantitative estimate of drug-likeness (QED) is 0.845. The number of likely N-dealkylation sites (tertiary alicyclic amines) is 2. The first-order valence-electron chi connectivity index (χ1n) is 7.61. The number of alkyl halides is 3. The van der Waals surface area contributed by atoms with Gasteiger partial charge in [-0.2, -0.15) is 13.2 Å². The Bertz CT molecular complexity index is 349. The molecule has 0 saturated carbocycles. The molecule has 0 aromatic carbocycles. The Labute approximate surface area is 122 Å². The fourth-order valence-corrected chi connectivity index (χ4v) is 3.39. The van der Waals surface area contributed by atoms with Crippen LogP contribution < -0.4 is 0 Å². The van der Waals surface area contributed by atoms with Crippen LogP contribution in [0.5, 0.6) is 0 Å². The second-order valence-corrected chi connectivity index (χ2v) is 6.14. The third-order valence-electron chi connectivity index (χ3n) is 4.55. The molecule has 0 aliphatic carbocycles. The standard InChI is InChI=1S/C14H23F3N2O2/c15-14(16,17)12(9-13(20)21)19-7-3-11(4-8-19)10-18-5-1-2-6-18/h11-12H,1-10H2,(H,20,21). The molecule has 2 heterocycles. The van der Waals surface area contributed by atoms with Crippen molar-refractivity contribution in [3.05, 3.63) is 0 Å². The van der Waals surface area contributed by atoms with Gasteiger partial charge >= 0.3 is 12.1 Å². The monoisotopic (exact) mass is 308 g/mol. The van der Waals surface area contributed by atoms with E-state index in [9.17, 15) is 18.0 Å². The number of carbonyl (C=O) groups is 1. The molecule has 4 nitrogen and oxygen atoms in total. The number of rotatable bonds is 5. The molecule has 1 atom stereocenters. The summed E-state index contributed by atoms with van der Waals surface area (Å²) in [5, 5.41) is 8.69. The van der Waals surface area contributed by atoms with E-state index >= 15 is 0 Å². The van der Waals surface area contributed by atoms with Crippen molar-refractivity contribution >= 4 is 5.97 Å². The van der Waals surface area contributed by atoms with Crippen molar-refractivity contribution in [2.75, 3.05) is 32.7 Å². The van der Waals surface area contributed by atoms with Gasteiger partial charge in [-0.05, 0) is 57.8 Å². The number of hydrogen-bond donors (Lipinski definition) is 1. The zero-order valence-corrected chi connectivity index (χ0v) is 12.1. The van der Waals surface area contributed by atoms with Crippen LogP contribution in [0, 0.1) is 5.92 Å². The van der Waals surface area contributed by atoms with Gasteiger partial charge in [0, 0.05) is 6.54 Å². The summed E-state index contributed by atoms with van der Waals surface area (Å²) in [5.41, 5.74) is 0. The predicted molar refractivity (Wildman–Crippen MR) is 72.1 cm³/mol. The van der Waals surface area contributed by atoms with Crippen LogP contribution in [0.2, 0.25) is 0 Å². The van der Waals surface area contributed by atoms with Crippen LogP contribution in [0.3, 0.4) is 0 Å². The molecule has 0 bridgehead atoms. The molecule has 1 N–H and O–H groups in total. The van der Waals surface area contributed by atoms with Crippen molar-refractivity contribution in [1.29, 1.82) is 0 Å². The Kier molecular flexibility index (Phi) is 5.48. The third-order valence-corrected chi connectivity index (χ3v) is 4.55. The van der Waals surface area contributed by atoms with Crippen molar-refractivity contribution in [2.45, 2.75) is 44.3 Å². The Morgan fingerprint density at radius 3 is 2.19 bits per heavy atom. The van der Waals surface area contributed by atoms with Crippen molar-refractivity contribution in [3.63, 3.8) is 0 Å². The molecular formula is C14H23F3N2O2. The number of carboxylic acid groups (broad SMARTS) is 1. The van der Waals surface area contributed by atoms with E-state index in [4.69, 9.17) is 5.11 Å². The average Bonchev–Trinajstić information content (AvgIpc) is 2.88. The van der Waals surface area contributed by atoms with Crippen LogP contribution in [-0.4, -0.2) is 65.8 Å². The molecule has 1 unspecified atom stereocenters. The topological polar surface area (TPSA) is 43.8 Å². The van der Waals surface area contributed by atoms with E-state index in [1.165, 1.54) is 17.7 Å². The van der Waals surface area contributed by atoms with Gasteiger partial charge in [0.25, 0.3) is 0 Å². The van der Waals surface area contributed by atoms with Gasteiger partial charge in [-0.1, -0.05) is 0 Å². The first-order valence-corrected chi connectivity index (χ1v) is 7.61. The maximum absolute atomic E-state index is 13.0. The molecule has 0 spiro atoms. The first kappa shape index (κ1) is 16.5. The lowest BCUT2D eigenvalue weighted by Gasteiger charge is -2.38. The van der Waals surface area contributed by atoms with E-state index in [0.29, 0.717) is 19.0 Å². The second kappa shape index (κ2) is 6.96. The molecule has 7 heteroatoms. The highest BCUT2D eigenvalue weighted by atomic mass is 19.4. The van der Waals surface area contributed by atoms with Gasteiger partial charge in [0.2, 0.25) is 0 Å². The van der Waals surface area contributed by atoms with E-state index in [0.717, 1.165) is 32.5 Å². The van der Waals surface area contributed by atoms with Gasteiger partial charge in [-0.15, -0.1) is 0 Å². The van der Waals surface area contributed by atoms with E-state index in [-0.39, 0.29) is 0 Å². The summed E-state index contributed by atoms with van der Waals surface area (Å²) in [6, 6.07) is -1.84. The van der Waals surface area contributed by atoms with Crippen LogP contribution in [-0.2, 0) is 4.79 Å². The number of aliphatic carboxylic acids is 1. The number of piperidine rings is 1. The number of hydrogen-bond acceptors (Lipinski definition) is 3. The fourth-order valence-electron chi connectivity index (χ4n) is 3.39. The van der Waals surface area contributed by atoms with Crippen LogP contribution in [0.1, 0.15) is 32.1 Å². The Balaban J connectivity index is 1.84. The smallest absolute Gasteiger partial charge is 0.404 e. The van der Waals surface area contributed by atoms with Crippen molar-refractivity contribution in [2.24, 2.45) is 5.92 Å². The maximum atomic E-state index is 13.0. The molecule has 2 saturated heterocycles. The maximum Gasteiger partial charge on any atom is 0.404 e. The van der Waals surface area contributed by atoms with Crippen molar-refractivity contribution < 1.29 is 23.1 Å². The zero-order chi connectivity index (χ0) is 15.5. The number of nitrogens with zero attached hydrogens (tertiary/aromatic N) is 2. The fraction of sp³-hybridized carbons (Fsp3) is 0.929. The van der Waals surface area contributed by atoms with Crippen molar-refractivity contribution in [1.82, 2.24) is 9.80 Å². The summed E-state index contributed by atoms with van der Waals surface area (Å²) in [5.74, 6) is -0.949. The lowest BCUT2D eigenvalue weighted by Crippen LogP contribution is -2.50. The summed E-state index contributed by atoms with van der Waals surface area (Å²) < 4.78 is 38.9. The van der Waals surface area contributed by atoms with Crippen LogP contribution in [0.4, 0.5) is 13.2 Å². The minimum absolute atomic E-state index is 0.343. The third kappa shape index (κ3) is 4.85. The minimum Gasteiger partial charge on any atom is -0.481 e. The highest BCUT2D eigenvalue weighted by molar-refractivity contribution is 5.67. The molecular weight excluding hydrogens is 285 g/mol. The lowest BCUT2D eigenvalue weighted by molar-refractivity contribution is -0.193. The molecule has 0 aromatic rings. The Morgan fingerprint density at radius 1 is 1.14 bits per heavy atom. The van der Waals surface area contributed by atoms with Gasteiger partial charge in [0.15, 0.2) is 0 Å². The minimum atomic E-state index is -4.47. The molecule has 2 aliphatic rings. The number of carboxylic acids is 1. The highest BCUT2D eigenvalue weighted by Gasteiger charge is 2.45. The Hall–Kier alpha value is -0.820. The summed E-state index contributed by atoms with van der Waals surface area (Å²) >= 11 is 0. The number of halogens is 3. The zero-order valence-electron chi connectivity index (χ0n) is 12.1. The molecule has 0 aromatic heterocycles. The van der Waals surface area contributed by atoms with Gasteiger partial charge in [0.1, 0.15) is 6.04 Å². The lowest BCUT2D eigenvalue weighted by atomic mass is 9.94. The van der Waals surface area contributed by atoms with Gasteiger partial charge in [-0.3, -0.25) is 9.69 Å². The molecule has 122 valence electrons. The van der Waals surface area contributed by atoms with Gasteiger partial charge in [-0.25, -0.2) is 0 Å². The molecule has 2 aliphatic heterocycles. The van der Waals surface area contributed by atoms with E-state index in [1.54, 1.807) is 0 Å². The summed E-state index contributed by atoms with van der Waals surface area (Å²) in [4.78, 5) is 14.3.